The Morgan fingerprint density at radius 3 is 2.80 bits per heavy atom. The van der Waals surface area contributed by atoms with E-state index < -0.39 is 0 Å². The summed E-state index contributed by atoms with van der Waals surface area (Å²) in [5, 5.41) is 3.10. The lowest BCUT2D eigenvalue weighted by Crippen LogP contribution is -2.38. The van der Waals surface area contributed by atoms with E-state index in [9.17, 15) is 4.79 Å². The van der Waals surface area contributed by atoms with E-state index >= 15 is 0 Å². The number of aryl methyl sites for hydroxylation is 1. The molecule has 0 saturated carbocycles. The van der Waals surface area contributed by atoms with Crippen LogP contribution in [0.4, 0.5) is 0 Å². The fourth-order valence-electron chi connectivity index (χ4n) is 2.32. The molecule has 0 spiro atoms. The van der Waals surface area contributed by atoms with Gasteiger partial charge in [0.05, 0.1) is 0 Å². The Balaban J connectivity index is 2.17. The first-order valence-electron chi connectivity index (χ1n) is 7.19. The van der Waals surface area contributed by atoms with Crippen LogP contribution in [0, 0.1) is 12.8 Å². The smallest absolute Gasteiger partial charge is 0.251 e. The summed E-state index contributed by atoms with van der Waals surface area (Å²) >= 11 is 0. The lowest BCUT2D eigenvalue weighted by Gasteiger charge is -2.21. The number of oxazole rings is 1. The Morgan fingerprint density at radius 1 is 1.40 bits per heavy atom. The molecule has 0 aliphatic carbocycles. The molecule has 2 aromatic rings. The van der Waals surface area contributed by atoms with Crippen LogP contribution >= 0.6 is 0 Å². The van der Waals surface area contributed by atoms with E-state index in [1.807, 2.05) is 6.07 Å². The third-order valence-corrected chi connectivity index (χ3v) is 3.48. The Labute approximate surface area is 119 Å². The molecule has 108 valence electrons. The maximum atomic E-state index is 12.3. The van der Waals surface area contributed by atoms with E-state index in [2.05, 4.69) is 31.1 Å². The molecule has 4 nitrogen and oxygen atoms in total. The predicted molar refractivity (Wildman–Crippen MR) is 79.7 cm³/mol. The number of hydrogen-bond acceptors (Lipinski definition) is 3. The third kappa shape index (κ3) is 3.18. The van der Waals surface area contributed by atoms with Gasteiger partial charge in [-0.05, 0) is 30.5 Å². The molecule has 1 N–H and O–H groups in total. The van der Waals surface area contributed by atoms with Crippen LogP contribution < -0.4 is 5.32 Å². The topological polar surface area (TPSA) is 55.1 Å². The zero-order chi connectivity index (χ0) is 14.7. The molecule has 0 radical (unpaired) electrons. The highest BCUT2D eigenvalue weighted by molar-refractivity contribution is 5.97. The van der Waals surface area contributed by atoms with Gasteiger partial charge in [0.25, 0.3) is 5.91 Å². The maximum absolute atomic E-state index is 12.3. The van der Waals surface area contributed by atoms with Gasteiger partial charge < -0.3 is 9.73 Å². The van der Waals surface area contributed by atoms with Gasteiger partial charge in [-0.25, -0.2) is 4.98 Å². The quantitative estimate of drug-likeness (QED) is 0.904. The number of hydrogen-bond donors (Lipinski definition) is 1. The highest BCUT2D eigenvalue weighted by Gasteiger charge is 2.17. The molecule has 1 aromatic carbocycles. The molecule has 0 fully saturated rings. The summed E-state index contributed by atoms with van der Waals surface area (Å²) in [5.41, 5.74) is 2.06. The second kappa shape index (κ2) is 6.07. The molecular weight excluding hydrogens is 252 g/mol. The fourth-order valence-corrected chi connectivity index (χ4v) is 2.32. The van der Waals surface area contributed by atoms with Crippen molar-refractivity contribution in [3.63, 3.8) is 0 Å². The lowest BCUT2D eigenvalue weighted by molar-refractivity contribution is 0.0923. The zero-order valence-electron chi connectivity index (χ0n) is 12.6. The van der Waals surface area contributed by atoms with E-state index in [1.165, 1.54) is 0 Å². The molecule has 1 heterocycles. The van der Waals surface area contributed by atoms with Crippen molar-refractivity contribution >= 4 is 17.0 Å². The largest absolute Gasteiger partial charge is 0.441 e. The summed E-state index contributed by atoms with van der Waals surface area (Å²) in [4.78, 5) is 16.5. The van der Waals surface area contributed by atoms with Gasteiger partial charge in [0, 0.05) is 18.5 Å². The summed E-state index contributed by atoms with van der Waals surface area (Å²) in [6, 6.07) is 5.58. The van der Waals surface area contributed by atoms with Crippen molar-refractivity contribution in [2.24, 2.45) is 5.92 Å². The van der Waals surface area contributed by atoms with Crippen LogP contribution in [0.25, 0.3) is 11.1 Å². The van der Waals surface area contributed by atoms with E-state index in [1.54, 1.807) is 19.1 Å². The molecule has 4 heteroatoms. The number of benzene rings is 1. The zero-order valence-corrected chi connectivity index (χ0v) is 12.6. The van der Waals surface area contributed by atoms with Gasteiger partial charge in [0.15, 0.2) is 11.5 Å². The highest BCUT2D eigenvalue weighted by atomic mass is 16.3. The van der Waals surface area contributed by atoms with Crippen molar-refractivity contribution < 1.29 is 9.21 Å². The Kier molecular flexibility index (Phi) is 4.42. The van der Waals surface area contributed by atoms with Crippen LogP contribution in [-0.4, -0.2) is 16.9 Å². The summed E-state index contributed by atoms with van der Waals surface area (Å²) in [7, 11) is 0. The SMILES string of the molecule is CCCC(NC(=O)c1ccc2nc(C)oc2c1)C(C)C. The Morgan fingerprint density at radius 2 is 2.15 bits per heavy atom. The van der Waals surface area contributed by atoms with Crippen LogP contribution in [0.15, 0.2) is 22.6 Å². The number of nitrogens with zero attached hydrogens (tertiary/aromatic N) is 1. The van der Waals surface area contributed by atoms with Crippen LogP contribution in [0.2, 0.25) is 0 Å². The summed E-state index contributed by atoms with van der Waals surface area (Å²) in [6.45, 7) is 8.19. The van der Waals surface area contributed by atoms with Gasteiger partial charge in [-0.15, -0.1) is 0 Å². The average Bonchev–Trinajstić information content (AvgIpc) is 2.76. The van der Waals surface area contributed by atoms with E-state index in [-0.39, 0.29) is 11.9 Å². The molecule has 1 amide bonds. The number of carbonyl (C=O) groups is 1. The number of nitrogens with one attached hydrogen (secondary N) is 1. The summed E-state index contributed by atoms with van der Waals surface area (Å²) in [6.07, 6.45) is 2.05. The van der Waals surface area contributed by atoms with Gasteiger partial charge in [0.1, 0.15) is 5.52 Å². The minimum atomic E-state index is -0.0481. The van der Waals surface area contributed by atoms with Crippen molar-refractivity contribution in [3.8, 4) is 0 Å². The number of rotatable bonds is 5. The highest BCUT2D eigenvalue weighted by Crippen LogP contribution is 2.17. The number of aromatic nitrogens is 1. The Hall–Kier alpha value is -1.84. The van der Waals surface area contributed by atoms with Crippen LogP contribution in [0.3, 0.4) is 0 Å². The third-order valence-electron chi connectivity index (χ3n) is 3.48. The van der Waals surface area contributed by atoms with Crippen molar-refractivity contribution in [2.45, 2.75) is 46.6 Å². The van der Waals surface area contributed by atoms with Gasteiger partial charge in [0.2, 0.25) is 0 Å². The predicted octanol–water partition coefficient (Wildman–Crippen LogP) is 3.69. The molecule has 2 rings (SSSR count). The monoisotopic (exact) mass is 274 g/mol. The van der Waals surface area contributed by atoms with Crippen LogP contribution in [-0.2, 0) is 0 Å². The molecule has 20 heavy (non-hydrogen) atoms. The minimum Gasteiger partial charge on any atom is -0.441 e. The number of carbonyl (C=O) groups excluding carboxylic acids is 1. The summed E-state index contributed by atoms with van der Waals surface area (Å²) in [5.74, 6) is 0.992. The van der Waals surface area contributed by atoms with Gasteiger partial charge >= 0.3 is 0 Å². The van der Waals surface area contributed by atoms with E-state index in [0.29, 0.717) is 23.0 Å². The molecule has 1 atom stereocenters. The maximum Gasteiger partial charge on any atom is 0.251 e. The molecule has 1 aromatic heterocycles. The average molecular weight is 274 g/mol. The minimum absolute atomic E-state index is 0.0481. The molecule has 0 bridgehead atoms. The standard InChI is InChI=1S/C16H22N2O2/c1-5-6-13(10(2)3)18-16(19)12-7-8-14-15(9-12)20-11(4)17-14/h7-10,13H,5-6H2,1-4H3,(H,18,19). The first-order valence-corrected chi connectivity index (χ1v) is 7.19. The van der Waals surface area contributed by atoms with Gasteiger partial charge in [-0.3, -0.25) is 4.79 Å². The van der Waals surface area contributed by atoms with Crippen molar-refractivity contribution in [1.29, 1.82) is 0 Å². The molecule has 1 unspecified atom stereocenters. The fraction of sp³-hybridized carbons (Fsp3) is 0.500. The molecular formula is C16H22N2O2. The van der Waals surface area contributed by atoms with Gasteiger partial charge in [-0.1, -0.05) is 27.2 Å². The molecule has 0 aliphatic rings. The van der Waals surface area contributed by atoms with Crippen molar-refractivity contribution in [3.05, 3.63) is 29.7 Å². The van der Waals surface area contributed by atoms with Gasteiger partial charge in [-0.2, -0.15) is 0 Å². The summed E-state index contributed by atoms with van der Waals surface area (Å²) < 4.78 is 5.47. The first-order chi connectivity index (χ1) is 9.51. The van der Waals surface area contributed by atoms with Crippen molar-refractivity contribution in [1.82, 2.24) is 10.3 Å². The Bertz CT molecular complexity index is 602. The van der Waals surface area contributed by atoms with E-state index in [4.69, 9.17) is 4.42 Å². The molecule has 0 saturated heterocycles. The number of amides is 1. The van der Waals surface area contributed by atoms with Crippen LogP contribution in [0.1, 0.15) is 49.9 Å². The first kappa shape index (κ1) is 14.6. The normalized spacial score (nSPS) is 12.8. The molecule has 0 aliphatic heterocycles. The second-order valence-electron chi connectivity index (χ2n) is 5.53. The van der Waals surface area contributed by atoms with Crippen molar-refractivity contribution in [2.75, 3.05) is 0 Å². The second-order valence-corrected chi connectivity index (χ2v) is 5.53. The number of fused-ring (bicyclic) bond motifs is 1. The van der Waals surface area contributed by atoms with Crippen LogP contribution in [0.5, 0.6) is 0 Å². The van der Waals surface area contributed by atoms with E-state index in [0.717, 1.165) is 18.4 Å². The lowest BCUT2D eigenvalue weighted by atomic mass is 9.99.